The number of carboxylic acid groups (broad SMARTS) is 1. The molecule has 1 saturated heterocycles. The summed E-state index contributed by atoms with van der Waals surface area (Å²) < 4.78 is 20.7. The highest BCUT2D eigenvalue weighted by molar-refractivity contribution is 7.11. The number of nitrogens with zero attached hydrogens (tertiary/aromatic N) is 2. The number of halogens is 2. The van der Waals surface area contributed by atoms with E-state index in [1.54, 1.807) is 19.4 Å². The van der Waals surface area contributed by atoms with E-state index in [1.807, 2.05) is 29.6 Å². The van der Waals surface area contributed by atoms with Crippen molar-refractivity contribution in [3.05, 3.63) is 57.4 Å². The molecular formula is C27H28ClFN2O3S. The monoisotopic (exact) mass is 514 g/mol. The third-order valence-corrected chi connectivity index (χ3v) is 7.90. The molecule has 8 heteroatoms. The van der Waals surface area contributed by atoms with E-state index in [0.717, 1.165) is 28.7 Å². The molecule has 1 fully saturated rings. The van der Waals surface area contributed by atoms with Gasteiger partial charge in [0.15, 0.2) is 0 Å². The molecule has 4 rings (SSSR count). The number of alkyl halides is 1. The first kappa shape index (κ1) is 25.4. The average molecular weight is 515 g/mol. The Kier molecular flexibility index (Phi) is 8.61. The van der Waals surface area contributed by atoms with Gasteiger partial charge in [0.05, 0.1) is 29.1 Å². The minimum Gasteiger partial charge on any atom is -0.497 e. The lowest BCUT2D eigenvalue weighted by Gasteiger charge is -2.37. The van der Waals surface area contributed by atoms with Crippen LogP contribution in [0.1, 0.15) is 42.3 Å². The van der Waals surface area contributed by atoms with E-state index in [9.17, 15) is 9.90 Å². The van der Waals surface area contributed by atoms with Crippen LogP contribution in [0.25, 0.3) is 10.9 Å². The van der Waals surface area contributed by atoms with Gasteiger partial charge in [0.2, 0.25) is 0 Å². The molecule has 1 N–H and O–H groups in total. The lowest BCUT2D eigenvalue weighted by atomic mass is 9.79. The summed E-state index contributed by atoms with van der Waals surface area (Å²) in [5.41, 5.74) is 1.33. The van der Waals surface area contributed by atoms with Crippen LogP contribution in [0.5, 0.6) is 5.75 Å². The largest absolute Gasteiger partial charge is 0.497 e. The van der Waals surface area contributed by atoms with Gasteiger partial charge in [-0.3, -0.25) is 14.7 Å². The number of piperidine rings is 1. The highest BCUT2D eigenvalue weighted by atomic mass is 35.5. The van der Waals surface area contributed by atoms with Crippen molar-refractivity contribution in [2.75, 3.05) is 26.7 Å². The molecule has 35 heavy (non-hydrogen) atoms. The highest BCUT2D eigenvalue weighted by Crippen LogP contribution is 2.36. The van der Waals surface area contributed by atoms with Crippen molar-refractivity contribution in [1.29, 1.82) is 0 Å². The maximum Gasteiger partial charge on any atom is 0.303 e. The summed E-state index contributed by atoms with van der Waals surface area (Å²) >= 11 is 7.61. The minimum atomic E-state index is -1.16. The molecule has 2 aromatic heterocycles. The maximum atomic E-state index is 15.4. The number of carbonyl (C=O) groups is 1. The lowest BCUT2D eigenvalue weighted by Crippen LogP contribution is -2.41. The van der Waals surface area contributed by atoms with Crippen molar-refractivity contribution in [2.24, 2.45) is 11.8 Å². The molecular weight excluding hydrogens is 487 g/mol. The second-order valence-corrected chi connectivity index (χ2v) is 10.2. The Bertz CT molecular complexity index is 1240. The highest BCUT2D eigenvalue weighted by Gasteiger charge is 2.31. The first-order valence-electron chi connectivity index (χ1n) is 11.7. The summed E-state index contributed by atoms with van der Waals surface area (Å²) in [6, 6.07) is 9.02. The van der Waals surface area contributed by atoms with Crippen LogP contribution in [0.3, 0.4) is 0 Å². The van der Waals surface area contributed by atoms with Gasteiger partial charge in [0.25, 0.3) is 0 Å². The van der Waals surface area contributed by atoms with Gasteiger partial charge in [0, 0.05) is 24.5 Å². The van der Waals surface area contributed by atoms with Gasteiger partial charge in [-0.15, -0.1) is 11.3 Å². The number of carboxylic acids is 1. The van der Waals surface area contributed by atoms with Gasteiger partial charge in [-0.1, -0.05) is 23.4 Å². The second kappa shape index (κ2) is 11.9. The summed E-state index contributed by atoms with van der Waals surface area (Å²) in [5, 5.41) is 12.8. The number of likely N-dealkylation sites (tertiary alicyclic amines) is 1. The summed E-state index contributed by atoms with van der Waals surface area (Å²) in [6.07, 6.45) is 2.37. The predicted molar refractivity (Wildman–Crippen MR) is 138 cm³/mol. The van der Waals surface area contributed by atoms with E-state index in [0.29, 0.717) is 42.3 Å². The Hall–Kier alpha value is -2.66. The van der Waals surface area contributed by atoms with Crippen molar-refractivity contribution >= 4 is 39.8 Å². The number of benzene rings is 1. The number of methoxy groups -OCH3 is 1. The van der Waals surface area contributed by atoms with E-state index in [-0.39, 0.29) is 18.3 Å². The molecule has 0 unspecified atom stereocenters. The Labute approximate surface area is 213 Å². The molecule has 0 aliphatic carbocycles. The fourth-order valence-electron chi connectivity index (χ4n) is 4.81. The number of thiophene rings is 1. The van der Waals surface area contributed by atoms with Gasteiger partial charge < -0.3 is 9.84 Å². The normalized spacial score (nSPS) is 19.2. The van der Waals surface area contributed by atoms with Crippen LogP contribution in [-0.2, 0) is 4.79 Å². The molecule has 3 aromatic rings. The Balaban J connectivity index is 1.39. The predicted octanol–water partition coefficient (Wildman–Crippen LogP) is 6.21. The zero-order valence-corrected chi connectivity index (χ0v) is 21.1. The van der Waals surface area contributed by atoms with E-state index < -0.39 is 12.1 Å². The van der Waals surface area contributed by atoms with Crippen molar-refractivity contribution in [3.63, 3.8) is 0 Å². The molecule has 0 amide bonds. The topological polar surface area (TPSA) is 62.7 Å². The number of aromatic nitrogens is 1. The van der Waals surface area contributed by atoms with Crippen molar-refractivity contribution in [3.8, 4) is 17.6 Å². The van der Waals surface area contributed by atoms with Crippen molar-refractivity contribution < 1.29 is 19.0 Å². The van der Waals surface area contributed by atoms with Crippen LogP contribution in [0.4, 0.5) is 4.39 Å². The van der Waals surface area contributed by atoms with Crippen LogP contribution in [0.2, 0.25) is 5.02 Å². The quantitative estimate of drug-likeness (QED) is 0.362. The molecule has 3 heterocycles. The molecule has 3 atom stereocenters. The number of fused-ring (bicyclic) bond motifs is 1. The van der Waals surface area contributed by atoms with Gasteiger partial charge >= 0.3 is 5.97 Å². The zero-order chi connectivity index (χ0) is 24.8. The second-order valence-electron chi connectivity index (χ2n) is 8.87. The number of pyridine rings is 1. The first-order chi connectivity index (χ1) is 16.9. The zero-order valence-electron chi connectivity index (χ0n) is 19.5. The summed E-state index contributed by atoms with van der Waals surface area (Å²) in [4.78, 5) is 18.9. The minimum absolute atomic E-state index is 0.0325. The maximum absolute atomic E-state index is 15.4. The molecule has 1 aromatic carbocycles. The number of rotatable bonds is 8. The SMILES string of the molecule is COc1ccc2nccc([C@@H](F)CC[C@@H]3CCN(CC#Cc4sccc4Cl)C[C@@H]3CC(=O)O)c2c1. The fourth-order valence-corrected chi connectivity index (χ4v) is 5.78. The van der Waals surface area contributed by atoms with E-state index in [2.05, 4.69) is 21.7 Å². The molecule has 1 aliphatic rings. The molecule has 184 valence electrons. The molecule has 1 aliphatic heterocycles. The summed E-state index contributed by atoms with van der Waals surface area (Å²) in [7, 11) is 1.59. The average Bonchev–Trinajstić information content (AvgIpc) is 3.26. The Morgan fingerprint density at radius 2 is 2.23 bits per heavy atom. The standard InChI is InChI=1S/C27H28ClFN2O3S/c1-34-20-5-7-25-22(16-20)21(8-11-30-25)24(29)6-4-18-9-13-31(17-19(18)15-27(32)33)12-2-3-26-23(28)10-14-35-26/h5,7-8,10-11,14,16,18-19,24H,4,6,9,12-13,15,17H2,1H3,(H,32,33)/t18-,19+,24+/m1/s1. The first-order valence-corrected chi connectivity index (χ1v) is 12.9. The van der Waals surface area contributed by atoms with Crippen LogP contribution in [0, 0.1) is 23.7 Å². The molecule has 0 spiro atoms. The number of hydrogen-bond donors (Lipinski definition) is 1. The van der Waals surface area contributed by atoms with Gasteiger partial charge in [-0.05, 0) is 78.9 Å². The van der Waals surface area contributed by atoms with Gasteiger partial charge in [-0.2, -0.15) is 0 Å². The molecule has 0 saturated carbocycles. The Morgan fingerprint density at radius 1 is 1.37 bits per heavy atom. The van der Waals surface area contributed by atoms with E-state index in [1.165, 1.54) is 11.3 Å². The van der Waals surface area contributed by atoms with Crippen LogP contribution in [-0.4, -0.2) is 47.7 Å². The summed E-state index contributed by atoms with van der Waals surface area (Å²) in [5.74, 6) is 6.24. The van der Waals surface area contributed by atoms with Crippen LogP contribution >= 0.6 is 22.9 Å². The molecule has 0 radical (unpaired) electrons. The number of hydrogen-bond acceptors (Lipinski definition) is 5. The molecule has 0 bridgehead atoms. The van der Waals surface area contributed by atoms with Gasteiger partial charge in [0.1, 0.15) is 11.9 Å². The van der Waals surface area contributed by atoms with Crippen LogP contribution in [0.15, 0.2) is 41.9 Å². The number of aliphatic carboxylic acids is 1. The van der Waals surface area contributed by atoms with Crippen LogP contribution < -0.4 is 4.74 Å². The third kappa shape index (κ3) is 6.52. The van der Waals surface area contributed by atoms with E-state index in [4.69, 9.17) is 16.3 Å². The summed E-state index contributed by atoms with van der Waals surface area (Å²) in [6.45, 7) is 2.03. The smallest absolute Gasteiger partial charge is 0.303 e. The van der Waals surface area contributed by atoms with E-state index >= 15 is 4.39 Å². The fraction of sp³-hybridized carbons (Fsp3) is 0.407. The van der Waals surface area contributed by atoms with Crippen molar-refractivity contribution in [2.45, 2.75) is 31.9 Å². The van der Waals surface area contributed by atoms with Gasteiger partial charge in [-0.25, -0.2) is 4.39 Å². The lowest BCUT2D eigenvalue weighted by molar-refractivity contribution is -0.139. The Morgan fingerprint density at radius 3 is 2.97 bits per heavy atom. The number of ether oxygens (including phenoxy) is 1. The van der Waals surface area contributed by atoms with Crippen molar-refractivity contribution in [1.82, 2.24) is 9.88 Å². The molecule has 5 nitrogen and oxygen atoms in total. The third-order valence-electron chi connectivity index (χ3n) is 6.64.